The van der Waals surface area contributed by atoms with Crippen LogP contribution in [0, 0.1) is 12.3 Å². The van der Waals surface area contributed by atoms with Gasteiger partial charge in [0.1, 0.15) is 0 Å². The lowest BCUT2D eigenvalue weighted by atomic mass is 10.1. The van der Waals surface area contributed by atoms with E-state index in [2.05, 4.69) is 17.8 Å². The molecule has 0 bridgehead atoms. The molecule has 9 heavy (non-hydrogen) atoms. The molecule has 0 spiro atoms. The number of oxime groups is 1. The average Bonchev–Trinajstić information content (AvgIpc) is 1.89. The van der Waals surface area contributed by atoms with Crippen LogP contribution in [-0.4, -0.2) is 12.3 Å². The van der Waals surface area contributed by atoms with E-state index in [0.717, 1.165) is 6.42 Å². The van der Waals surface area contributed by atoms with Crippen LogP contribution in [0.25, 0.3) is 0 Å². The molecule has 0 radical (unpaired) electrons. The molecule has 0 amide bonds. The van der Waals surface area contributed by atoms with Gasteiger partial charge in [-0.25, -0.2) is 0 Å². The summed E-state index contributed by atoms with van der Waals surface area (Å²) in [4.78, 5) is 4.81. The molecular formula is C7H11NO. The molecule has 2 heteroatoms. The highest BCUT2D eigenvalue weighted by atomic mass is 16.6. The first-order valence-electron chi connectivity index (χ1n) is 2.80. The molecule has 0 aromatic rings. The molecule has 0 N–H and O–H groups in total. The summed E-state index contributed by atoms with van der Waals surface area (Å²) >= 11 is 0. The highest BCUT2D eigenvalue weighted by Crippen LogP contribution is 2.12. The van der Waals surface area contributed by atoms with Gasteiger partial charge in [-0.15, -0.1) is 11.6 Å². The van der Waals surface area contributed by atoms with Gasteiger partial charge in [0.15, 0.2) is 5.60 Å². The predicted molar refractivity (Wildman–Crippen MR) is 38.2 cm³/mol. The summed E-state index contributed by atoms with van der Waals surface area (Å²) in [6.07, 6.45) is 5.88. The van der Waals surface area contributed by atoms with Gasteiger partial charge in [-0.2, -0.15) is 0 Å². The molecule has 0 aliphatic heterocycles. The second-order valence-corrected chi connectivity index (χ2v) is 1.95. The number of rotatable bonds is 3. The quantitative estimate of drug-likeness (QED) is 0.317. The summed E-state index contributed by atoms with van der Waals surface area (Å²) in [5.41, 5.74) is -0.568. The fraction of sp³-hybridized carbons (Fsp3) is 0.571. The van der Waals surface area contributed by atoms with E-state index in [4.69, 9.17) is 11.3 Å². The monoisotopic (exact) mass is 125 g/mol. The number of terminal acetylenes is 1. The molecule has 0 heterocycles. The summed E-state index contributed by atoms with van der Waals surface area (Å²) in [7, 11) is 0. The van der Waals surface area contributed by atoms with E-state index in [0.29, 0.717) is 0 Å². The lowest BCUT2D eigenvalue weighted by Gasteiger charge is -2.17. The summed E-state index contributed by atoms with van der Waals surface area (Å²) in [6.45, 7) is 6.90. The molecule has 2 nitrogen and oxygen atoms in total. The molecular weight excluding hydrogens is 114 g/mol. The van der Waals surface area contributed by atoms with E-state index in [1.54, 1.807) is 6.92 Å². The first kappa shape index (κ1) is 8.03. The summed E-state index contributed by atoms with van der Waals surface area (Å²) in [5, 5.41) is 3.26. The van der Waals surface area contributed by atoms with Crippen LogP contribution in [0.4, 0.5) is 0 Å². The second-order valence-electron chi connectivity index (χ2n) is 1.95. The zero-order valence-electron chi connectivity index (χ0n) is 5.85. The molecule has 0 rings (SSSR count). The van der Waals surface area contributed by atoms with Crippen LogP contribution in [-0.2, 0) is 4.84 Å². The minimum absolute atomic E-state index is 0.568. The van der Waals surface area contributed by atoms with Gasteiger partial charge < -0.3 is 4.84 Å². The normalized spacial score (nSPS) is 15.2. The Hall–Kier alpha value is -0.970. The van der Waals surface area contributed by atoms with Gasteiger partial charge in [-0.1, -0.05) is 12.8 Å². The Morgan fingerprint density at radius 3 is 2.56 bits per heavy atom. The highest BCUT2D eigenvalue weighted by molar-refractivity contribution is 5.21. The maximum absolute atomic E-state index is 5.14. The van der Waals surface area contributed by atoms with Crippen LogP contribution < -0.4 is 0 Å². The Kier molecular flexibility index (Phi) is 2.80. The molecule has 50 valence electrons. The van der Waals surface area contributed by atoms with Crippen molar-refractivity contribution in [1.82, 2.24) is 0 Å². The zero-order valence-corrected chi connectivity index (χ0v) is 5.85. The van der Waals surface area contributed by atoms with E-state index in [1.165, 1.54) is 0 Å². The Morgan fingerprint density at radius 2 is 2.44 bits per heavy atom. The number of nitrogens with zero attached hydrogens (tertiary/aromatic N) is 1. The van der Waals surface area contributed by atoms with Gasteiger partial charge in [0.25, 0.3) is 0 Å². The van der Waals surface area contributed by atoms with Gasteiger partial charge in [0.05, 0.1) is 0 Å². The Morgan fingerprint density at radius 1 is 1.89 bits per heavy atom. The summed E-state index contributed by atoms with van der Waals surface area (Å²) < 4.78 is 0. The first-order valence-corrected chi connectivity index (χ1v) is 2.80. The smallest absolute Gasteiger partial charge is 0.194 e. The van der Waals surface area contributed by atoms with Crippen molar-refractivity contribution in [3.63, 3.8) is 0 Å². The third-order valence-corrected chi connectivity index (χ3v) is 1.25. The van der Waals surface area contributed by atoms with Crippen LogP contribution in [0.5, 0.6) is 0 Å². The van der Waals surface area contributed by atoms with Gasteiger partial charge >= 0.3 is 0 Å². The molecule has 0 saturated carbocycles. The molecule has 0 fully saturated rings. The predicted octanol–water partition coefficient (Wildman–Crippen LogP) is 1.42. The molecule has 0 aromatic heterocycles. The van der Waals surface area contributed by atoms with E-state index < -0.39 is 5.60 Å². The average molecular weight is 125 g/mol. The van der Waals surface area contributed by atoms with Gasteiger partial charge in [-0.3, -0.25) is 0 Å². The van der Waals surface area contributed by atoms with E-state index in [-0.39, 0.29) is 0 Å². The highest BCUT2D eigenvalue weighted by Gasteiger charge is 2.19. The topological polar surface area (TPSA) is 21.6 Å². The molecule has 1 atom stereocenters. The van der Waals surface area contributed by atoms with Crippen molar-refractivity contribution in [3.05, 3.63) is 0 Å². The second kappa shape index (κ2) is 3.13. The standard InChI is InChI=1S/C7H11NO/c1-5-7(3,6-2)9-8-4/h1H,4,6H2,2-3H3. The van der Waals surface area contributed by atoms with Crippen molar-refractivity contribution in [2.45, 2.75) is 25.9 Å². The number of hydrogen-bond acceptors (Lipinski definition) is 2. The SMILES string of the molecule is C#CC(C)(CC)ON=C. The third kappa shape index (κ3) is 2.18. The fourth-order valence-corrected chi connectivity index (χ4v) is 0.335. The van der Waals surface area contributed by atoms with Gasteiger partial charge in [0, 0.05) is 6.72 Å². The first-order chi connectivity index (χ1) is 4.18. The van der Waals surface area contributed by atoms with E-state index >= 15 is 0 Å². The molecule has 0 aliphatic carbocycles. The van der Waals surface area contributed by atoms with Crippen LogP contribution in [0.2, 0.25) is 0 Å². The maximum atomic E-state index is 5.14. The van der Waals surface area contributed by atoms with Crippen molar-refractivity contribution in [3.8, 4) is 12.3 Å². The van der Waals surface area contributed by atoms with Gasteiger partial charge in [0.2, 0.25) is 0 Å². The Balaban J connectivity index is 3.96. The zero-order chi connectivity index (χ0) is 7.33. The van der Waals surface area contributed by atoms with E-state index in [1.807, 2.05) is 6.92 Å². The largest absolute Gasteiger partial charge is 0.377 e. The van der Waals surface area contributed by atoms with Crippen LogP contribution in [0.15, 0.2) is 5.16 Å². The lowest BCUT2D eigenvalue weighted by Crippen LogP contribution is -2.22. The van der Waals surface area contributed by atoms with Crippen molar-refractivity contribution in [2.75, 3.05) is 0 Å². The molecule has 0 saturated heterocycles. The van der Waals surface area contributed by atoms with Crippen molar-refractivity contribution >= 4 is 6.72 Å². The van der Waals surface area contributed by atoms with Crippen LogP contribution in [0.1, 0.15) is 20.3 Å². The Bertz CT molecular complexity index is 136. The maximum Gasteiger partial charge on any atom is 0.194 e. The Labute approximate surface area is 55.9 Å². The van der Waals surface area contributed by atoms with Crippen molar-refractivity contribution < 1.29 is 4.84 Å². The molecule has 1 unspecified atom stereocenters. The van der Waals surface area contributed by atoms with Crippen molar-refractivity contribution in [1.29, 1.82) is 0 Å². The lowest BCUT2D eigenvalue weighted by molar-refractivity contribution is 0.0165. The number of hydrogen-bond donors (Lipinski definition) is 0. The van der Waals surface area contributed by atoms with E-state index in [9.17, 15) is 0 Å². The van der Waals surface area contributed by atoms with Crippen molar-refractivity contribution in [2.24, 2.45) is 5.16 Å². The van der Waals surface area contributed by atoms with Gasteiger partial charge in [-0.05, 0) is 13.3 Å². The minimum atomic E-state index is -0.568. The fourth-order valence-electron chi connectivity index (χ4n) is 0.335. The molecule has 0 aromatic carbocycles. The summed E-state index contributed by atoms with van der Waals surface area (Å²) in [5.74, 6) is 2.47. The summed E-state index contributed by atoms with van der Waals surface area (Å²) in [6, 6.07) is 0. The van der Waals surface area contributed by atoms with Crippen LogP contribution >= 0.6 is 0 Å². The minimum Gasteiger partial charge on any atom is -0.377 e. The molecule has 0 aliphatic rings. The van der Waals surface area contributed by atoms with Crippen LogP contribution in [0.3, 0.4) is 0 Å². The third-order valence-electron chi connectivity index (χ3n) is 1.25.